The first-order valence-electron chi connectivity index (χ1n) is 7.31. The summed E-state index contributed by atoms with van der Waals surface area (Å²) in [5, 5.41) is 0. The molecule has 2 aromatic rings. The molecule has 2 unspecified atom stereocenters. The smallest absolute Gasteiger partial charge is 0.256 e. The van der Waals surface area contributed by atoms with E-state index in [4.69, 9.17) is 0 Å². The normalized spacial score (nSPS) is 22.6. The minimum atomic E-state index is 0. The average Bonchev–Trinajstić information content (AvgIpc) is 2.86. The molecule has 1 saturated carbocycles. The van der Waals surface area contributed by atoms with Gasteiger partial charge in [0.1, 0.15) is 0 Å². The van der Waals surface area contributed by atoms with Crippen LogP contribution in [0.1, 0.15) is 33.2 Å². The second kappa shape index (κ2) is 5.56. The zero-order chi connectivity index (χ0) is 13.1. The van der Waals surface area contributed by atoms with Gasteiger partial charge in [-0.3, -0.25) is 4.98 Å². The predicted octanol–water partition coefficient (Wildman–Crippen LogP) is 4.84. The molecular formula is C18H22N+. The van der Waals surface area contributed by atoms with Gasteiger partial charge in [-0.25, -0.2) is 0 Å². The van der Waals surface area contributed by atoms with Gasteiger partial charge in [-0.15, -0.1) is 0 Å². The van der Waals surface area contributed by atoms with Crippen LogP contribution in [0.3, 0.4) is 0 Å². The van der Waals surface area contributed by atoms with Crippen LogP contribution in [0.2, 0.25) is 0 Å². The lowest BCUT2D eigenvalue weighted by molar-refractivity contribution is 0.513. The maximum atomic E-state index is 4.39. The number of benzene rings is 1. The van der Waals surface area contributed by atoms with E-state index >= 15 is 0 Å². The summed E-state index contributed by atoms with van der Waals surface area (Å²) in [6, 6.07) is 15.0. The van der Waals surface area contributed by atoms with Gasteiger partial charge in [0.05, 0.1) is 5.69 Å². The highest BCUT2D eigenvalue weighted by atomic mass is 14.7. The molecule has 1 fully saturated rings. The Morgan fingerprint density at radius 3 is 2.58 bits per heavy atom. The fourth-order valence-electron chi connectivity index (χ4n) is 3.19. The Hall–Kier alpha value is -1.63. The Kier molecular flexibility index (Phi) is 3.63. The summed E-state index contributed by atoms with van der Waals surface area (Å²) in [7, 11) is 0. The quantitative estimate of drug-likeness (QED) is 0.761. The molecule has 0 spiro atoms. The van der Waals surface area contributed by atoms with Gasteiger partial charge >= 0.3 is 1.43 Å². The van der Waals surface area contributed by atoms with E-state index in [1.54, 1.807) is 0 Å². The molecule has 1 heterocycles. The van der Waals surface area contributed by atoms with Gasteiger partial charge < -0.3 is 0 Å². The maximum Gasteiger partial charge on any atom is 1.00 e. The summed E-state index contributed by atoms with van der Waals surface area (Å²) < 4.78 is 0. The summed E-state index contributed by atoms with van der Waals surface area (Å²) in [4.78, 5) is 4.39. The number of rotatable bonds is 3. The molecule has 0 bridgehead atoms. The van der Waals surface area contributed by atoms with Crippen molar-refractivity contribution in [3.63, 3.8) is 0 Å². The van der Waals surface area contributed by atoms with Gasteiger partial charge in [0.15, 0.2) is 0 Å². The Labute approximate surface area is 117 Å². The predicted molar refractivity (Wildman–Crippen MR) is 81.0 cm³/mol. The summed E-state index contributed by atoms with van der Waals surface area (Å²) in [6.45, 7) is 2.38. The number of aromatic nitrogens is 1. The topological polar surface area (TPSA) is 12.9 Å². The zero-order valence-electron chi connectivity index (χ0n) is 12.5. The molecule has 19 heavy (non-hydrogen) atoms. The molecule has 1 nitrogen and oxygen atoms in total. The molecule has 0 saturated heterocycles. The van der Waals surface area contributed by atoms with E-state index in [1.807, 2.05) is 18.3 Å². The summed E-state index contributed by atoms with van der Waals surface area (Å²) >= 11 is 0. The SMILES string of the molecule is CC1CCC(Cc2ccc(-c3ccccn3)cc2)C1.[H+]. The van der Waals surface area contributed by atoms with Gasteiger partial charge in [0.25, 0.3) is 0 Å². The van der Waals surface area contributed by atoms with Crippen molar-refractivity contribution in [2.24, 2.45) is 11.8 Å². The van der Waals surface area contributed by atoms with Crippen molar-refractivity contribution in [2.45, 2.75) is 32.6 Å². The van der Waals surface area contributed by atoms with Gasteiger partial charge in [0, 0.05) is 11.8 Å². The van der Waals surface area contributed by atoms with Crippen LogP contribution in [-0.2, 0) is 6.42 Å². The first-order chi connectivity index (χ1) is 9.31. The Bertz CT molecular complexity index is 521. The maximum absolute atomic E-state index is 4.39. The molecule has 0 N–H and O–H groups in total. The second-order valence-corrected chi connectivity index (χ2v) is 5.90. The first kappa shape index (κ1) is 12.4. The summed E-state index contributed by atoms with van der Waals surface area (Å²) in [5.74, 6) is 1.83. The molecule has 0 amide bonds. The van der Waals surface area contributed by atoms with Gasteiger partial charge in [-0.05, 0) is 48.8 Å². The Morgan fingerprint density at radius 1 is 1.11 bits per heavy atom. The molecule has 98 valence electrons. The minimum absolute atomic E-state index is 0. The zero-order valence-corrected chi connectivity index (χ0v) is 11.5. The van der Waals surface area contributed by atoms with Crippen LogP contribution in [0.15, 0.2) is 48.7 Å². The molecule has 0 aliphatic heterocycles. The highest BCUT2D eigenvalue weighted by molar-refractivity contribution is 5.58. The van der Waals surface area contributed by atoms with Gasteiger partial charge in [-0.2, -0.15) is 0 Å². The van der Waals surface area contributed by atoms with Crippen LogP contribution in [0.25, 0.3) is 11.3 Å². The average molecular weight is 252 g/mol. The first-order valence-corrected chi connectivity index (χ1v) is 7.31. The fourth-order valence-corrected chi connectivity index (χ4v) is 3.19. The third kappa shape index (κ3) is 3.04. The largest absolute Gasteiger partial charge is 1.00 e. The van der Waals surface area contributed by atoms with E-state index in [9.17, 15) is 0 Å². The number of hydrogen-bond acceptors (Lipinski definition) is 1. The summed E-state index contributed by atoms with van der Waals surface area (Å²) in [5.41, 5.74) is 3.74. The van der Waals surface area contributed by atoms with Crippen molar-refractivity contribution in [3.05, 3.63) is 54.2 Å². The monoisotopic (exact) mass is 252 g/mol. The van der Waals surface area contributed by atoms with Crippen LogP contribution in [0, 0.1) is 11.8 Å². The standard InChI is InChI=1S/C18H21N/c1-14-5-6-16(12-14)13-15-7-9-17(10-8-15)18-4-2-3-11-19-18/h2-4,7-11,14,16H,5-6,12-13H2,1H3/p+1. The van der Waals surface area contributed by atoms with E-state index in [0.717, 1.165) is 17.5 Å². The third-order valence-corrected chi connectivity index (χ3v) is 4.24. The highest BCUT2D eigenvalue weighted by Crippen LogP contribution is 2.32. The Morgan fingerprint density at radius 2 is 1.95 bits per heavy atom. The van der Waals surface area contributed by atoms with E-state index in [2.05, 4.69) is 42.2 Å². The molecule has 1 aliphatic rings. The van der Waals surface area contributed by atoms with E-state index in [1.165, 1.54) is 36.8 Å². The molecule has 3 rings (SSSR count). The molecule has 1 aromatic carbocycles. The number of hydrogen-bond donors (Lipinski definition) is 0. The van der Waals surface area contributed by atoms with E-state index in [-0.39, 0.29) is 1.43 Å². The van der Waals surface area contributed by atoms with Crippen molar-refractivity contribution in [3.8, 4) is 11.3 Å². The van der Waals surface area contributed by atoms with Gasteiger partial charge in [0.2, 0.25) is 0 Å². The van der Waals surface area contributed by atoms with E-state index in [0.29, 0.717) is 0 Å². The van der Waals surface area contributed by atoms with Crippen molar-refractivity contribution in [1.29, 1.82) is 0 Å². The molecule has 0 radical (unpaired) electrons. The number of nitrogens with zero attached hydrogens (tertiary/aromatic N) is 1. The third-order valence-electron chi connectivity index (χ3n) is 4.24. The van der Waals surface area contributed by atoms with Crippen molar-refractivity contribution in [1.82, 2.24) is 4.98 Å². The fraction of sp³-hybridized carbons (Fsp3) is 0.389. The van der Waals surface area contributed by atoms with Crippen LogP contribution in [-0.4, -0.2) is 4.98 Å². The van der Waals surface area contributed by atoms with Crippen LogP contribution in [0.5, 0.6) is 0 Å². The molecule has 2 atom stereocenters. The highest BCUT2D eigenvalue weighted by Gasteiger charge is 2.21. The van der Waals surface area contributed by atoms with Crippen LogP contribution < -0.4 is 0 Å². The second-order valence-electron chi connectivity index (χ2n) is 5.90. The molecule has 1 aliphatic carbocycles. The minimum Gasteiger partial charge on any atom is -0.256 e. The Balaban J connectivity index is 0.00000147. The van der Waals surface area contributed by atoms with Crippen molar-refractivity contribution >= 4 is 0 Å². The van der Waals surface area contributed by atoms with Crippen LogP contribution >= 0.6 is 0 Å². The van der Waals surface area contributed by atoms with Crippen LogP contribution in [0.4, 0.5) is 0 Å². The molecule has 1 aromatic heterocycles. The lowest BCUT2D eigenvalue weighted by Gasteiger charge is -2.10. The number of pyridine rings is 1. The van der Waals surface area contributed by atoms with E-state index < -0.39 is 0 Å². The van der Waals surface area contributed by atoms with Crippen molar-refractivity contribution in [2.75, 3.05) is 0 Å². The summed E-state index contributed by atoms with van der Waals surface area (Å²) in [6.07, 6.45) is 7.32. The lowest BCUT2D eigenvalue weighted by Crippen LogP contribution is -1.99. The molecular weight excluding hydrogens is 230 g/mol. The molecule has 1 heteroatoms. The lowest BCUT2D eigenvalue weighted by atomic mass is 9.96. The van der Waals surface area contributed by atoms with Gasteiger partial charge in [-0.1, -0.05) is 43.7 Å². The van der Waals surface area contributed by atoms with Crippen molar-refractivity contribution < 1.29 is 1.43 Å².